The number of nitrogens with zero attached hydrogens (tertiary/aromatic N) is 1. The fourth-order valence-corrected chi connectivity index (χ4v) is 0.804. The van der Waals surface area contributed by atoms with Crippen molar-refractivity contribution in [2.24, 2.45) is 5.92 Å². The number of carboxylic acids is 1. The molecule has 0 aromatic heterocycles. The van der Waals surface area contributed by atoms with Gasteiger partial charge < -0.3 is 15.3 Å². The van der Waals surface area contributed by atoms with Crippen molar-refractivity contribution in [1.29, 1.82) is 0 Å². The zero-order chi connectivity index (χ0) is 10.4. The Morgan fingerprint density at radius 1 is 1.54 bits per heavy atom. The van der Waals surface area contributed by atoms with Crippen LogP contribution in [0, 0.1) is 12.5 Å². The summed E-state index contributed by atoms with van der Waals surface area (Å²) in [6.45, 7) is 9.47. The summed E-state index contributed by atoms with van der Waals surface area (Å²) in [5.74, 6) is -1.81. The summed E-state index contributed by atoms with van der Waals surface area (Å²) >= 11 is 0. The van der Waals surface area contributed by atoms with Gasteiger partial charge >= 0.3 is 11.9 Å². The molecule has 2 N–H and O–H groups in total. The summed E-state index contributed by atoms with van der Waals surface area (Å²) in [6, 6.07) is -0.908. The summed E-state index contributed by atoms with van der Waals surface area (Å²) < 4.78 is 0. The van der Waals surface area contributed by atoms with E-state index in [4.69, 9.17) is 11.7 Å². The van der Waals surface area contributed by atoms with Crippen LogP contribution in [0.5, 0.6) is 0 Å². The Morgan fingerprint density at radius 3 is 2.38 bits per heavy atom. The largest absolute Gasteiger partial charge is 0.480 e. The third-order valence-electron chi connectivity index (χ3n) is 1.47. The molecule has 0 bridgehead atoms. The lowest BCUT2D eigenvalue weighted by Crippen LogP contribution is -2.45. The molecule has 0 saturated heterocycles. The molecule has 0 aromatic rings. The highest BCUT2D eigenvalue weighted by atomic mass is 16.4. The van der Waals surface area contributed by atoms with E-state index in [1.54, 1.807) is 13.8 Å². The number of nitrogens with one attached hydrogen (secondary N) is 1. The summed E-state index contributed by atoms with van der Waals surface area (Å²) in [5, 5.41) is 10.9. The Bertz CT molecular complexity index is 242. The zero-order valence-electron chi connectivity index (χ0n) is 7.57. The van der Waals surface area contributed by atoms with Gasteiger partial charge in [-0.3, -0.25) is 4.79 Å². The molecule has 72 valence electrons. The lowest BCUT2D eigenvalue weighted by atomic mass is 10.1. The standard InChI is InChI=1S/C8H12N2O3/c1-5(2)7(8(12)13)10-6(11)4-9-3/h5,7H,4H2,1-2H3,(H,10,11)(H,12,13). The van der Waals surface area contributed by atoms with Crippen LogP contribution in [0.15, 0.2) is 0 Å². The van der Waals surface area contributed by atoms with E-state index in [1.807, 2.05) is 0 Å². The fraction of sp³-hybridized carbons (Fsp3) is 0.625. The summed E-state index contributed by atoms with van der Waals surface area (Å²) in [6.07, 6.45) is 0. The van der Waals surface area contributed by atoms with Gasteiger partial charge in [-0.1, -0.05) is 13.8 Å². The number of carbonyl (C=O) groups is 2. The van der Waals surface area contributed by atoms with Crippen molar-refractivity contribution in [3.05, 3.63) is 11.4 Å². The number of rotatable bonds is 4. The van der Waals surface area contributed by atoms with Crippen molar-refractivity contribution in [3.63, 3.8) is 0 Å². The van der Waals surface area contributed by atoms with Gasteiger partial charge in [-0.15, -0.1) is 0 Å². The first-order valence-electron chi connectivity index (χ1n) is 3.84. The molecule has 0 saturated carbocycles. The molecule has 0 spiro atoms. The molecule has 13 heavy (non-hydrogen) atoms. The van der Waals surface area contributed by atoms with Gasteiger partial charge in [0.2, 0.25) is 0 Å². The average Bonchev–Trinajstić information content (AvgIpc) is 1.99. The second kappa shape index (κ2) is 5.14. The van der Waals surface area contributed by atoms with Crippen molar-refractivity contribution < 1.29 is 14.7 Å². The minimum atomic E-state index is -1.08. The van der Waals surface area contributed by atoms with Gasteiger partial charge in [-0.05, 0) is 5.92 Å². The Hall–Kier alpha value is -1.57. The van der Waals surface area contributed by atoms with E-state index in [2.05, 4.69) is 10.2 Å². The van der Waals surface area contributed by atoms with E-state index in [9.17, 15) is 9.59 Å². The molecule has 0 radical (unpaired) electrons. The quantitative estimate of drug-likeness (QED) is 0.610. The second-order valence-corrected chi connectivity index (χ2v) is 2.94. The second-order valence-electron chi connectivity index (χ2n) is 2.94. The monoisotopic (exact) mass is 184 g/mol. The van der Waals surface area contributed by atoms with Crippen molar-refractivity contribution >= 4 is 11.9 Å². The molecule has 0 aromatic carbocycles. The van der Waals surface area contributed by atoms with Gasteiger partial charge in [0, 0.05) is 0 Å². The molecule has 0 rings (SSSR count). The number of amides is 1. The number of hydrogen-bond donors (Lipinski definition) is 2. The van der Waals surface area contributed by atoms with Gasteiger partial charge in [-0.2, -0.15) is 0 Å². The van der Waals surface area contributed by atoms with Crippen LogP contribution in [0.25, 0.3) is 4.85 Å². The Labute approximate surface area is 76.6 Å². The summed E-state index contributed by atoms with van der Waals surface area (Å²) in [4.78, 5) is 24.3. The predicted octanol–water partition coefficient (Wildman–Crippen LogP) is 0.131. The van der Waals surface area contributed by atoms with Crippen molar-refractivity contribution in [2.75, 3.05) is 6.54 Å². The minimum Gasteiger partial charge on any atom is -0.480 e. The summed E-state index contributed by atoms with van der Waals surface area (Å²) in [5.41, 5.74) is 0. The average molecular weight is 184 g/mol. The van der Waals surface area contributed by atoms with Gasteiger partial charge in [0.15, 0.2) is 0 Å². The SMILES string of the molecule is [C-]#[N+]CC(=O)NC(C(=O)O)C(C)C. The number of carbonyl (C=O) groups excluding carboxylic acids is 1. The third kappa shape index (κ3) is 4.11. The number of aliphatic carboxylic acids is 1. The minimum absolute atomic E-state index is 0.188. The van der Waals surface area contributed by atoms with Gasteiger partial charge in [0.1, 0.15) is 6.04 Å². The number of hydrogen-bond acceptors (Lipinski definition) is 2. The van der Waals surface area contributed by atoms with Crippen LogP contribution in [-0.2, 0) is 9.59 Å². The first-order chi connectivity index (χ1) is 5.99. The molecule has 0 aliphatic heterocycles. The van der Waals surface area contributed by atoms with Crippen molar-refractivity contribution in [3.8, 4) is 0 Å². The van der Waals surface area contributed by atoms with Crippen LogP contribution in [0.2, 0.25) is 0 Å². The Balaban J connectivity index is 4.20. The Morgan fingerprint density at radius 2 is 2.08 bits per heavy atom. The molecule has 5 nitrogen and oxygen atoms in total. The van der Waals surface area contributed by atoms with E-state index in [0.717, 1.165) is 0 Å². The smallest absolute Gasteiger partial charge is 0.326 e. The van der Waals surface area contributed by atoms with Crippen molar-refractivity contribution in [1.82, 2.24) is 5.32 Å². The van der Waals surface area contributed by atoms with E-state index in [-0.39, 0.29) is 12.5 Å². The highest BCUT2D eigenvalue weighted by Gasteiger charge is 2.23. The molecule has 0 fully saturated rings. The molecule has 0 aliphatic carbocycles. The topological polar surface area (TPSA) is 70.8 Å². The first kappa shape index (κ1) is 11.4. The normalized spacial score (nSPS) is 11.8. The van der Waals surface area contributed by atoms with Gasteiger partial charge in [0.05, 0.1) is 0 Å². The van der Waals surface area contributed by atoms with Gasteiger partial charge in [-0.25, -0.2) is 11.4 Å². The van der Waals surface area contributed by atoms with Crippen LogP contribution >= 0.6 is 0 Å². The van der Waals surface area contributed by atoms with E-state index >= 15 is 0 Å². The predicted molar refractivity (Wildman–Crippen MR) is 45.9 cm³/mol. The zero-order valence-corrected chi connectivity index (χ0v) is 7.57. The van der Waals surface area contributed by atoms with E-state index in [1.165, 1.54) is 0 Å². The van der Waals surface area contributed by atoms with E-state index in [0.29, 0.717) is 0 Å². The third-order valence-corrected chi connectivity index (χ3v) is 1.47. The fourth-order valence-electron chi connectivity index (χ4n) is 0.804. The lowest BCUT2D eigenvalue weighted by molar-refractivity contribution is -0.142. The lowest BCUT2D eigenvalue weighted by Gasteiger charge is -2.15. The molecule has 0 aliphatic rings. The number of carboxylic acid groups (broad SMARTS) is 1. The maximum atomic E-state index is 10.9. The van der Waals surface area contributed by atoms with Crippen LogP contribution < -0.4 is 5.32 Å². The van der Waals surface area contributed by atoms with Gasteiger partial charge in [0.25, 0.3) is 6.54 Å². The van der Waals surface area contributed by atoms with Crippen LogP contribution in [-0.4, -0.2) is 29.6 Å². The Kier molecular flexibility index (Phi) is 4.52. The molecular weight excluding hydrogens is 172 g/mol. The first-order valence-corrected chi connectivity index (χ1v) is 3.84. The maximum absolute atomic E-state index is 10.9. The highest BCUT2D eigenvalue weighted by Crippen LogP contribution is 2.01. The molecular formula is C8H12N2O3. The van der Waals surface area contributed by atoms with Crippen molar-refractivity contribution in [2.45, 2.75) is 19.9 Å². The molecule has 1 atom stereocenters. The highest BCUT2D eigenvalue weighted by molar-refractivity contribution is 5.85. The van der Waals surface area contributed by atoms with Crippen LogP contribution in [0.1, 0.15) is 13.8 Å². The van der Waals surface area contributed by atoms with Crippen LogP contribution in [0.4, 0.5) is 0 Å². The van der Waals surface area contributed by atoms with E-state index < -0.39 is 17.9 Å². The summed E-state index contributed by atoms with van der Waals surface area (Å²) in [7, 11) is 0. The molecule has 1 amide bonds. The molecule has 0 heterocycles. The molecule has 5 heteroatoms. The maximum Gasteiger partial charge on any atom is 0.326 e. The van der Waals surface area contributed by atoms with Crippen LogP contribution in [0.3, 0.4) is 0 Å². The molecule has 1 unspecified atom stereocenters.